The zero-order valence-electron chi connectivity index (χ0n) is 15.4. The van der Waals surface area contributed by atoms with Crippen LogP contribution in [0.3, 0.4) is 0 Å². The third-order valence-electron chi connectivity index (χ3n) is 3.03. The average Bonchev–Trinajstić information content (AvgIpc) is 2.54. The number of nitrogens with one attached hydrogen (secondary N) is 1. The van der Waals surface area contributed by atoms with Crippen molar-refractivity contribution >= 4 is 24.3 Å². The van der Waals surface area contributed by atoms with Gasteiger partial charge in [0.05, 0.1) is 6.61 Å². The molecule has 0 heterocycles. The van der Waals surface area contributed by atoms with Gasteiger partial charge in [0.15, 0.2) is 0 Å². The first kappa shape index (κ1) is 23.9. The van der Waals surface area contributed by atoms with Crippen LogP contribution in [0.5, 0.6) is 5.75 Å². The number of esters is 1. The number of carbonyl (C=O) groups is 2. The Kier molecular flexibility index (Phi) is 9.90. The van der Waals surface area contributed by atoms with Crippen LogP contribution in [-0.4, -0.2) is 37.2 Å². The third kappa shape index (κ3) is 7.84. The highest BCUT2D eigenvalue weighted by atomic mass is 35.5. The molecule has 0 aliphatic heterocycles. The second kappa shape index (κ2) is 10.8. The van der Waals surface area contributed by atoms with Crippen LogP contribution in [-0.2, 0) is 9.53 Å². The van der Waals surface area contributed by atoms with Crippen molar-refractivity contribution in [1.82, 2.24) is 5.32 Å². The van der Waals surface area contributed by atoms with E-state index in [9.17, 15) is 14.0 Å². The van der Waals surface area contributed by atoms with Gasteiger partial charge in [-0.1, -0.05) is 0 Å². The fourth-order valence-corrected chi connectivity index (χ4v) is 1.84. The number of amides is 1. The zero-order chi connectivity index (χ0) is 19.0. The predicted molar refractivity (Wildman–Crippen MR) is 100 cm³/mol. The number of hydrogen-bond donors (Lipinski definition) is 2. The molecule has 0 saturated carbocycles. The van der Waals surface area contributed by atoms with E-state index >= 15 is 0 Å². The van der Waals surface area contributed by atoms with Crippen LogP contribution in [0.25, 0.3) is 0 Å². The molecule has 0 unspecified atom stereocenters. The molecule has 0 aromatic heterocycles. The minimum absolute atomic E-state index is 0. The van der Waals surface area contributed by atoms with Gasteiger partial charge in [-0.25, -0.2) is 4.79 Å². The first-order valence-corrected chi connectivity index (χ1v) is 7.98. The van der Waals surface area contributed by atoms with Crippen LogP contribution in [0, 0.1) is 0 Å². The molecule has 1 aromatic rings. The van der Waals surface area contributed by atoms with Crippen LogP contribution in [0.2, 0.25) is 0 Å². The maximum Gasteiger partial charge on any atom is 0.367 e. The van der Waals surface area contributed by atoms with Crippen LogP contribution < -0.4 is 15.8 Å². The molecule has 0 aliphatic rings. The van der Waals surface area contributed by atoms with Gasteiger partial charge < -0.3 is 20.5 Å². The van der Waals surface area contributed by atoms with Crippen molar-refractivity contribution in [3.8, 4) is 5.75 Å². The van der Waals surface area contributed by atoms with Gasteiger partial charge in [-0.05, 0) is 52.0 Å². The van der Waals surface area contributed by atoms with E-state index in [0.717, 1.165) is 0 Å². The Morgan fingerprint density at radius 3 is 2.23 bits per heavy atom. The molecule has 8 heteroatoms. The summed E-state index contributed by atoms with van der Waals surface area (Å²) in [5.74, 6) is -1.86. The van der Waals surface area contributed by atoms with Crippen LogP contribution >= 0.6 is 12.4 Å². The van der Waals surface area contributed by atoms with Gasteiger partial charge in [0.2, 0.25) is 5.83 Å². The van der Waals surface area contributed by atoms with Crippen molar-refractivity contribution in [2.24, 2.45) is 5.73 Å². The summed E-state index contributed by atoms with van der Waals surface area (Å²) >= 11 is 0. The van der Waals surface area contributed by atoms with Crippen molar-refractivity contribution in [1.29, 1.82) is 0 Å². The van der Waals surface area contributed by atoms with Crippen molar-refractivity contribution in [3.05, 3.63) is 41.2 Å². The summed E-state index contributed by atoms with van der Waals surface area (Å²) in [5.41, 5.74) is 5.61. The highest BCUT2D eigenvalue weighted by Crippen LogP contribution is 2.16. The summed E-state index contributed by atoms with van der Waals surface area (Å²) in [6.45, 7) is 6.97. The molecule has 0 fully saturated rings. The van der Waals surface area contributed by atoms with Gasteiger partial charge in [-0.3, -0.25) is 4.79 Å². The number of halogens is 2. The number of carbonyl (C=O) groups excluding carboxylic acids is 2. The Balaban J connectivity index is 0.00000625. The molecule has 1 aromatic carbocycles. The summed E-state index contributed by atoms with van der Waals surface area (Å²) in [5, 5.41) is 2.85. The van der Waals surface area contributed by atoms with Crippen LogP contribution in [0.15, 0.2) is 35.7 Å². The number of benzene rings is 1. The largest absolute Gasteiger partial charge is 0.489 e. The normalized spacial score (nSPS) is 11.8. The maximum atomic E-state index is 13.9. The quantitative estimate of drug-likeness (QED) is 0.553. The Hall–Kier alpha value is -2.12. The highest BCUT2D eigenvalue weighted by molar-refractivity contribution is 5.94. The van der Waals surface area contributed by atoms with E-state index in [1.807, 2.05) is 20.8 Å². The average molecular weight is 389 g/mol. The molecular weight excluding hydrogens is 363 g/mol. The van der Waals surface area contributed by atoms with E-state index < -0.39 is 11.8 Å². The SMILES string of the molecule is CCOC(=O)/C(F)=C(\CN)COc1ccc(C(=O)NC(C)(C)C)cc1.Cl. The monoisotopic (exact) mass is 388 g/mol. The van der Waals surface area contributed by atoms with Gasteiger partial charge in [0.25, 0.3) is 5.91 Å². The molecule has 1 rings (SSSR count). The number of ether oxygens (including phenoxy) is 2. The smallest absolute Gasteiger partial charge is 0.367 e. The lowest BCUT2D eigenvalue weighted by atomic mass is 10.1. The lowest BCUT2D eigenvalue weighted by Crippen LogP contribution is -2.40. The Bertz CT molecular complexity index is 640. The highest BCUT2D eigenvalue weighted by Gasteiger charge is 2.17. The molecule has 6 nitrogen and oxygen atoms in total. The van der Waals surface area contributed by atoms with Gasteiger partial charge in [0, 0.05) is 23.2 Å². The minimum Gasteiger partial charge on any atom is -0.489 e. The zero-order valence-corrected chi connectivity index (χ0v) is 16.2. The standard InChI is InChI=1S/C18H25FN2O4.ClH/c1-5-24-17(23)15(19)13(10-20)11-25-14-8-6-12(7-9-14)16(22)21-18(2,3)4;/h6-9H,5,10-11,20H2,1-4H3,(H,21,22);1H/b15-13-;. The summed E-state index contributed by atoms with van der Waals surface area (Å²) in [6.07, 6.45) is 0. The topological polar surface area (TPSA) is 90.7 Å². The predicted octanol–water partition coefficient (Wildman–Crippen LogP) is 2.76. The lowest BCUT2D eigenvalue weighted by Gasteiger charge is -2.20. The van der Waals surface area contributed by atoms with Crippen molar-refractivity contribution < 1.29 is 23.5 Å². The van der Waals surface area contributed by atoms with Crippen LogP contribution in [0.4, 0.5) is 4.39 Å². The minimum atomic E-state index is -1.05. The van der Waals surface area contributed by atoms with E-state index in [4.69, 9.17) is 10.5 Å². The molecule has 0 spiro atoms. The van der Waals surface area contributed by atoms with Crippen molar-refractivity contribution in [3.63, 3.8) is 0 Å². The molecule has 0 saturated heterocycles. The van der Waals surface area contributed by atoms with E-state index in [1.165, 1.54) is 0 Å². The first-order chi connectivity index (χ1) is 11.7. The summed E-state index contributed by atoms with van der Waals surface area (Å²) in [6, 6.07) is 6.38. The van der Waals surface area contributed by atoms with Crippen LogP contribution in [0.1, 0.15) is 38.1 Å². The number of rotatable bonds is 7. The molecule has 0 bridgehead atoms. The molecular formula is C18H26ClFN2O4. The summed E-state index contributed by atoms with van der Waals surface area (Å²) in [7, 11) is 0. The lowest BCUT2D eigenvalue weighted by molar-refractivity contribution is -0.140. The van der Waals surface area contributed by atoms with Crippen molar-refractivity contribution in [2.45, 2.75) is 33.2 Å². The van der Waals surface area contributed by atoms with Gasteiger partial charge in [-0.2, -0.15) is 4.39 Å². The molecule has 0 atom stereocenters. The van der Waals surface area contributed by atoms with Gasteiger partial charge >= 0.3 is 5.97 Å². The Morgan fingerprint density at radius 2 is 1.77 bits per heavy atom. The molecule has 1 amide bonds. The molecule has 146 valence electrons. The Labute approximate surface area is 159 Å². The fourth-order valence-electron chi connectivity index (χ4n) is 1.84. The molecule has 3 N–H and O–H groups in total. The first-order valence-electron chi connectivity index (χ1n) is 7.98. The van der Waals surface area contributed by atoms with E-state index in [2.05, 4.69) is 10.1 Å². The summed E-state index contributed by atoms with van der Waals surface area (Å²) < 4.78 is 23.9. The molecule has 0 aliphatic carbocycles. The second-order valence-electron chi connectivity index (χ2n) is 6.36. The fraction of sp³-hybridized carbons (Fsp3) is 0.444. The number of nitrogens with two attached hydrogens (primary N) is 1. The van der Waals surface area contributed by atoms with E-state index in [-0.39, 0.29) is 49.2 Å². The third-order valence-corrected chi connectivity index (χ3v) is 3.03. The van der Waals surface area contributed by atoms with Gasteiger partial charge in [0.1, 0.15) is 12.4 Å². The van der Waals surface area contributed by atoms with E-state index in [0.29, 0.717) is 11.3 Å². The second-order valence-corrected chi connectivity index (χ2v) is 6.36. The maximum absolute atomic E-state index is 13.9. The van der Waals surface area contributed by atoms with Crippen molar-refractivity contribution in [2.75, 3.05) is 19.8 Å². The summed E-state index contributed by atoms with van der Waals surface area (Å²) in [4.78, 5) is 23.4. The van der Waals surface area contributed by atoms with E-state index in [1.54, 1.807) is 31.2 Å². The van der Waals surface area contributed by atoms with Gasteiger partial charge in [-0.15, -0.1) is 12.4 Å². The number of hydrogen-bond acceptors (Lipinski definition) is 5. The Morgan fingerprint density at radius 1 is 1.19 bits per heavy atom. The molecule has 0 radical (unpaired) electrons. The molecule has 26 heavy (non-hydrogen) atoms.